The Morgan fingerprint density at radius 3 is 3.00 bits per heavy atom. The van der Waals surface area contributed by atoms with E-state index in [1.165, 1.54) is 0 Å². The van der Waals surface area contributed by atoms with Crippen LogP contribution in [0.4, 0.5) is 5.82 Å². The third-order valence-corrected chi connectivity index (χ3v) is 2.97. The lowest BCUT2D eigenvalue weighted by Crippen LogP contribution is -2.00. The maximum absolute atomic E-state index is 5.91. The van der Waals surface area contributed by atoms with Crippen molar-refractivity contribution in [3.05, 3.63) is 36.3 Å². The van der Waals surface area contributed by atoms with Gasteiger partial charge >= 0.3 is 0 Å². The summed E-state index contributed by atoms with van der Waals surface area (Å²) in [7, 11) is 0. The number of H-pyrrole nitrogens is 1. The predicted octanol–water partition coefficient (Wildman–Crippen LogP) is 2.16. The average molecular weight is 239 g/mol. The standard InChI is InChI=1S/C13H13N5/c1-2-8-6-16-13(18-11(8)14)10-7-17-12-9(10)4-3-5-15-12/h3-7H,2H2,1H3,(H,15,17)(H2,14,16,18). The van der Waals surface area contributed by atoms with E-state index in [1.807, 2.05) is 25.3 Å². The van der Waals surface area contributed by atoms with Crippen molar-refractivity contribution in [3.63, 3.8) is 0 Å². The Bertz CT molecular complexity index is 701. The molecule has 0 amide bonds. The van der Waals surface area contributed by atoms with Crippen molar-refractivity contribution < 1.29 is 0 Å². The van der Waals surface area contributed by atoms with Crippen LogP contribution in [0.5, 0.6) is 0 Å². The van der Waals surface area contributed by atoms with Gasteiger partial charge in [0.05, 0.1) is 0 Å². The number of rotatable bonds is 2. The van der Waals surface area contributed by atoms with Crippen molar-refractivity contribution in [2.45, 2.75) is 13.3 Å². The van der Waals surface area contributed by atoms with Crippen LogP contribution in [0.1, 0.15) is 12.5 Å². The van der Waals surface area contributed by atoms with Gasteiger partial charge < -0.3 is 10.7 Å². The van der Waals surface area contributed by atoms with E-state index in [4.69, 9.17) is 5.73 Å². The minimum absolute atomic E-state index is 0.542. The van der Waals surface area contributed by atoms with Gasteiger partial charge in [-0.05, 0) is 18.6 Å². The lowest BCUT2D eigenvalue weighted by molar-refractivity contribution is 1.06. The highest BCUT2D eigenvalue weighted by Gasteiger charge is 2.10. The zero-order valence-electron chi connectivity index (χ0n) is 10.0. The summed E-state index contributed by atoms with van der Waals surface area (Å²) in [6, 6.07) is 3.88. The van der Waals surface area contributed by atoms with Crippen molar-refractivity contribution >= 4 is 16.9 Å². The largest absolute Gasteiger partial charge is 0.383 e. The van der Waals surface area contributed by atoms with Gasteiger partial charge in [0.15, 0.2) is 5.82 Å². The quantitative estimate of drug-likeness (QED) is 0.718. The highest BCUT2D eigenvalue weighted by atomic mass is 15.0. The number of pyridine rings is 1. The molecule has 0 spiro atoms. The topological polar surface area (TPSA) is 80.5 Å². The Labute approximate surface area is 104 Å². The molecule has 0 saturated carbocycles. The molecule has 0 saturated heterocycles. The molecule has 0 radical (unpaired) electrons. The van der Waals surface area contributed by atoms with Crippen LogP contribution in [0.15, 0.2) is 30.7 Å². The van der Waals surface area contributed by atoms with Crippen LogP contribution >= 0.6 is 0 Å². The molecule has 5 heteroatoms. The van der Waals surface area contributed by atoms with E-state index in [0.717, 1.165) is 28.6 Å². The van der Waals surface area contributed by atoms with Gasteiger partial charge in [-0.3, -0.25) is 0 Å². The Kier molecular flexibility index (Phi) is 2.44. The van der Waals surface area contributed by atoms with E-state index in [-0.39, 0.29) is 0 Å². The van der Waals surface area contributed by atoms with Gasteiger partial charge in [0.25, 0.3) is 0 Å². The number of anilines is 1. The van der Waals surface area contributed by atoms with Crippen LogP contribution in [-0.4, -0.2) is 19.9 Å². The first kappa shape index (κ1) is 10.7. The molecule has 3 aromatic rings. The molecule has 18 heavy (non-hydrogen) atoms. The Morgan fingerprint density at radius 2 is 2.22 bits per heavy atom. The molecule has 3 aromatic heterocycles. The molecule has 0 unspecified atom stereocenters. The number of hydrogen-bond donors (Lipinski definition) is 2. The Balaban J connectivity index is 2.17. The molecule has 5 nitrogen and oxygen atoms in total. The zero-order valence-corrected chi connectivity index (χ0v) is 10.0. The minimum atomic E-state index is 0.542. The second kappa shape index (κ2) is 4.10. The molecule has 3 N–H and O–H groups in total. The molecule has 0 aliphatic carbocycles. The number of nitrogens with zero attached hydrogens (tertiary/aromatic N) is 3. The molecule has 0 aromatic carbocycles. The lowest BCUT2D eigenvalue weighted by atomic mass is 10.2. The van der Waals surface area contributed by atoms with Crippen molar-refractivity contribution in [1.82, 2.24) is 19.9 Å². The maximum Gasteiger partial charge on any atom is 0.163 e. The zero-order chi connectivity index (χ0) is 12.5. The fourth-order valence-corrected chi connectivity index (χ4v) is 1.96. The fraction of sp³-hybridized carbons (Fsp3) is 0.154. The summed E-state index contributed by atoms with van der Waals surface area (Å²) in [6.07, 6.45) is 6.23. The number of aromatic nitrogens is 4. The number of nitrogens with one attached hydrogen (secondary N) is 1. The van der Waals surface area contributed by atoms with Gasteiger partial charge in [0.1, 0.15) is 11.5 Å². The van der Waals surface area contributed by atoms with E-state index >= 15 is 0 Å². The SMILES string of the molecule is CCc1cnc(-c2c[nH]c3ncccc23)nc1N. The highest BCUT2D eigenvalue weighted by molar-refractivity contribution is 5.91. The summed E-state index contributed by atoms with van der Waals surface area (Å²) in [5, 5.41) is 1.00. The van der Waals surface area contributed by atoms with Gasteiger partial charge in [0, 0.05) is 35.1 Å². The summed E-state index contributed by atoms with van der Waals surface area (Å²) in [5.41, 5.74) is 8.63. The van der Waals surface area contributed by atoms with Crippen LogP contribution in [0.3, 0.4) is 0 Å². The number of hydrogen-bond acceptors (Lipinski definition) is 4. The molecule has 0 atom stereocenters. The molecule has 90 valence electrons. The highest BCUT2D eigenvalue weighted by Crippen LogP contribution is 2.25. The predicted molar refractivity (Wildman–Crippen MR) is 70.9 cm³/mol. The smallest absolute Gasteiger partial charge is 0.163 e. The van der Waals surface area contributed by atoms with E-state index < -0.39 is 0 Å². The van der Waals surface area contributed by atoms with Crippen LogP contribution in [-0.2, 0) is 6.42 Å². The molecule has 0 aliphatic heterocycles. The van der Waals surface area contributed by atoms with E-state index in [0.29, 0.717) is 11.6 Å². The van der Waals surface area contributed by atoms with E-state index in [9.17, 15) is 0 Å². The number of fused-ring (bicyclic) bond motifs is 1. The van der Waals surface area contributed by atoms with Crippen LogP contribution in [0.2, 0.25) is 0 Å². The average Bonchev–Trinajstić information content (AvgIpc) is 2.82. The third-order valence-electron chi connectivity index (χ3n) is 2.97. The lowest BCUT2D eigenvalue weighted by Gasteiger charge is -2.03. The summed E-state index contributed by atoms with van der Waals surface area (Å²) in [5.74, 6) is 1.17. The second-order valence-corrected chi connectivity index (χ2v) is 4.06. The van der Waals surface area contributed by atoms with Crippen LogP contribution < -0.4 is 5.73 Å². The molecular formula is C13H13N5. The van der Waals surface area contributed by atoms with Gasteiger partial charge in [-0.15, -0.1) is 0 Å². The van der Waals surface area contributed by atoms with E-state index in [1.54, 1.807) is 12.4 Å². The summed E-state index contributed by atoms with van der Waals surface area (Å²) >= 11 is 0. The van der Waals surface area contributed by atoms with Crippen LogP contribution in [0.25, 0.3) is 22.4 Å². The molecule has 3 heterocycles. The van der Waals surface area contributed by atoms with Crippen molar-refractivity contribution in [2.75, 3.05) is 5.73 Å². The van der Waals surface area contributed by atoms with Crippen molar-refractivity contribution in [1.29, 1.82) is 0 Å². The van der Waals surface area contributed by atoms with Gasteiger partial charge in [-0.2, -0.15) is 0 Å². The first-order chi connectivity index (χ1) is 8.79. The summed E-state index contributed by atoms with van der Waals surface area (Å²) < 4.78 is 0. The number of aryl methyl sites for hydroxylation is 1. The third kappa shape index (κ3) is 1.60. The molecule has 0 bridgehead atoms. The maximum atomic E-state index is 5.91. The number of aromatic amines is 1. The van der Waals surface area contributed by atoms with E-state index in [2.05, 4.69) is 19.9 Å². The Morgan fingerprint density at radius 1 is 1.33 bits per heavy atom. The van der Waals surface area contributed by atoms with Crippen molar-refractivity contribution in [3.8, 4) is 11.4 Å². The molecule has 0 fully saturated rings. The minimum Gasteiger partial charge on any atom is -0.383 e. The molecule has 3 rings (SSSR count). The fourth-order valence-electron chi connectivity index (χ4n) is 1.96. The van der Waals surface area contributed by atoms with Crippen molar-refractivity contribution in [2.24, 2.45) is 0 Å². The normalized spacial score (nSPS) is 10.9. The second-order valence-electron chi connectivity index (χ2n) is 4.06. The first-order valence-electron chi connectivity index (χ1n) is 5.83. The van der Waals surface area contributed by atoms with Gasteiger partial charge in [-0.25, -0.2) is 15.0 Å². The Hall–Kier alpha value is -2.43. The summed E-state index contributed by atoms with van der Waals surface area (Å²) in [6.45, 7) is 2.03. The molecule has 0 aliphatic rings. The van der Waals surface area contributed by atoms with Gasteiger partial charge in [0.2, 0.25) is 0 Å². The number of nitrogen functional groups attached to an aromatic ring is 1. The van der Waals surface area contributed by atoms with Crippen LogP contribution in [0, 0.1) is 0 Å². The molecular weight excluding hydrogens is 226 g/mol. The number of nitrogens with two attached hydrogens (primary N) is 1. The monoisotopic (exact) mass is 239 g/mol. The summed E-state index contributed by atoms with van der Waals surface area (Å²) in [4.78, 5) is 16.1. The van der Waals surface area contributed by atoms with Gasteiger partial charge in [-0.1, -0.05) is 6.92 Å². The first-order valence-corrected chi connectivity index (χ1v) is 5.83.